The van der Waals surface area contributed by atoms with Crippen molar-refractivity contribution in [3.05, 3.63) is 127 Å². The van der Waals surface area contributed by atoms with E-state index < -0.39 is 4.92 Å². The summed E-state index contributed by atoms with van der Waals surface area (Å²) in [4.78, 5) is 43.3. The molecule has 8 nitrogen and oxygen atoms in total. The molecule has 2 aromatic heterocycles. The van der Waals surface area contributed by atoms with Gasteiger partial charge in [0.15, 0.2) is 5.78 Å². The zero-order valence-electron chi connectivity index (χ0n) is 22.4. The molecule has 41 heavy (non-hydrogen) atoms. The minimum Gasteiger partial charge on any atom is -0.497 e. The lowest BCUT2D eigenvalue weighted by molar-refractivity contribution is -0.384. The highest BCUT2D eigenvalue weighted by Gasteiger charge is 2.31. The molecule has 0 saturated heterocycles. The molecular formula is C32H25N3O5S. The summed E-state index contributed by atoms with van der Waals surface area (Å²) >= 11 is 1.27. The summed E-state index contributed by atoms with van der Waals surface area (Å²) < 4.78 is 6.94. The number of ketones is 1. The number of fused-ring (bicyclic) bond motifs is 1. The Labute approximate surface area is 239 Å². The molecule has 0 unspecified atom stereocenters. The predicted molar refractivity (Wildman–Crippen MR) is 158 cm³/mol. The van der Waals surface area contributed by atoms with Crippen LogP contribution in [0.3, 0.4) is 0 Å². The van der Waals surface area contributed by atoms with E-state index >= 15 is 0 Å². The molecule has 9 heteroatoms. The van der Waals surface area contributed by atoms with E-state index in [0.29, 0.717) is 51.6 Å². The molecule has 2 heterocycles. The predicted octanol–water partition coefficient (Wildman–Crippen LogP) is 6.77. The van der Waals surface area contributed by atoms with E-state index in [-0.39, 0.29) is 22.9 Å². The molecule has 3 aromatic carbocycles. The third kappa shape index (κ3) is 4.96. The first kappa shape index (κ1) is 26.3. The average molecular weight is 564 g/mol. The van der Waals surface area contributed by atoms with Gasteiger partial charge in [0.25, 0.3) is 11.2 Å². The number of nitro benzene ring substituents is 1. The van der Waals surface area contributed by atoms with E-state index in [2.05, 4.69) is 4.98 Å². The molecule has 0 fully saturated rings. The zero-order chi connectivity index (χ0) is 28.7. The number of carbonyl (C=O) groups is 1. The number of hydrogen-bond donors (Lipinski definition) is 0. The van der Waals surface area contributed by atoms with Gasteiger partial charge in [0, 0.05) is 46.4 Å². The summed E-state index contributed by atoms with van der Waals surface area (Å²) in [5, 5.41) is 13.5. The van der Waals surface area contributed by atoms with Gasteiger partial charge in [-0.05, 0) is 60.7 Å². The molecule has 1 aliphatic carbocycles. The minimum atomic E-state index is -0.453. The van der Waals surface area contributed by atoms with Crippen LogP contribution in [0, 0.1) is 17.0 Å². The van der Waals surface area contributed by atoms with Gasteiger partial charge in [-0.25, -0.2) is 4.98 Å². The first-order valence-electron chi connectivity index (χ1n) is 13.1. The summed E-state index contributed by atoms with van der Waals surface area (Å²) in [5.74, 6) is 0.623. The maximum absolute atomic E-state index is 14.2. The molecule has 0 spiro atoms. The Bertz CT molecular complexity index is 1870. The highest BCUT2D eigenvalue weighted by Crippen LogP contribution is 2.36. The molecule has 204 valence electrons. The first-order chi connectivity index (χ1) is 19.8. The fraction of sp³-hybridized carbons (Fsp3) is 0.156. The van der Waals surface area contributed by atoms with Gasteiger partial charge in [-0.3, -0.25) is 24.3 Å². The Balaban J connectivity index is 1.49. The number of nitro groups is 1. The van der Waals surface area contributed by atoms with Crippen LogP contribution in [0.1, 0.15) is 39.5 Å². The van der Waals surface area contributed by atoms with E-state index in [1.165, 1.54) is 23.5 Å². The number of ether oxygens (including phenoxy) is 1. The Morgan fingerprint density at radius 1 is 0.976 bits per heavy atom. The van der Waals surface area contributed by atoms with Gasteiger partial charge >= 0.3 is 0 Å². The van der Waals surface area contributed by atoms with Crippen molar-refractivity contribution in [1.82, 2.24) is 9.55 Å². The van der Waals surface area contributed by atoms with Crippen LogP contribution in [0.4, 0.5) is 5.69 Å². The van der Waals surface area contributed by atoms with Crippen molar-refractivity contribution < 1.29 is 14.5 Å². The highest BCUT2D eigenvalue weighted by atomic mass is 32.1. The van der Waals surface area contributed by atoms with Gasteiger partial charge in [-0.2, -0.15) is 0 Å². The normalized spacial score (nSPS) is 14.5. The smallest absolute Gasteiger partial charge is 0.270 e. The third-order valence-electron chi connectivity index (χ3n) is 7.41. The maximum atomic E-state index is 14.2. The van der Waals surface area contributed by atoms with Crippen LogP contribution in [-0.4, -0.2) is 27.4 Å². The molecule has 0 aliphatic heterocycles. The number of pyridine rings is 1. The molecule has 0 radical (unpaired) electrons. The number of nitrogens with zero attached hydrogens (tertiary/aromatic N) is 3. The fourth-order valence-corrected chi connectivity index (χ4v) is 6.19. The van der Waals surface area contributed by atoms with Gasteiger partial charge in [-0.1, -0.05) is 36.4 Å². The molecule has 6 rings (SSSR count). The second kappa shape index (κ2) is 10.6. The lowest BCUT2D eigenvalue weighted by atomic mass is 9.81. The SMILES string of the molecule is COc1ccc([C@H]2CC(=O)c3cc(-c4nc(-c5cccc([N+](=O)[O-])c5)cs4)c(=O)n(-c4cccc(C)c4)c3C2)cc1. The number of methoxy groups -OCH3 is 1. The van der Waals surface area contributed by atoms with Crippen molar-refractivity contribution in [2.24, 2.45) is 0 Å². The number of carbonyl (C=O) groups excluding carboxylic acids is 1. The lowest BCUT2D eigenvalue weighted by Gasteiger charge is -2.27. The van der Waals surface area contributed by atoms with E-state index in [9.17, 15) is 19.7 Å². The number of aryl methyl sites for hydroxylation is 1. The van der Waals surface area contributed by atoms with Gasteiger partial charge in [0.2, 0.25) is 0 Å². The Hall–Kier alpha value is -4.89. The summed E-state index contributed by atoms with van der Waals surface area (Å²) in [6, 6.07) is 23.3. The van der Waals surface area contributed by atoms with Crippen LogP contribution in [0.2, 0.25) is 0 Å². The van der Waals surface area contributed by atoms with Gasteiger partial charge < -0.3 is 4.74 Å². The van der Waals surface area contributed by atoms with Crippen molar-refractivity contribution in [2.45, 2.75) is 25.7 Å². The third-order valence-corrected chi connectivity index (χ3v) is 8.28. The van der Waals surface area contributed by atoms with Crippen LogP contribution in [0.15, 0.2) is 89.0 Å². The Morgan fingerprint density at radius 3 is 2.49 bits per heavy atom. The second-order valence-electron chi connectivity index (χ2n) is 10.0. The van der Waals surface area contributed by atoms with E-state index in [4.69, 9.17) is 4.74 Å². The fourth-order valence-electron chi connectivity index (χ4n) is 5.35. The van der Waals surface area contributed by atoms with Crippen molar-refractivity contribution in [2.75, 3.05) is 7.11 Å². The zero-order valence-corrected chi connectivity index (χ0v) is 23.2. The number of thiazole rings is 1. The van der Waals surface area contributed by atoms with Crippen molar-refractivity contribution in [3.8, 4) is 33.3 Å². The average Bonchev–Trinajstić information content (AvgIpc) is 3.47. The number of benzene rings is 3. The molecular weight excluding hydrogens is 538 g/mol. The molecule has 1 aliphatic rings. The van der Waals surface area contributed by atoms with Crippen molar-refractivity contribution in [3.63, 3.8) is 0 Å². The van der Waals surface area contributed by atoms with Gasteiger partial charge in [-0.15, -0.1) is 11.3 Å². The van der Waals surface area contributed by atoms with Crippen LogP contribution < -0.4 is 10.3 Å². The molecule has 1 atom stereocenters. The monoisotopic (exact) mass is 563 g/mol. The summed E-state index contributed by atoms with van der Waals surface area (Å²) in [7, 11) is 1.61. The Morgan fingerprint density at radius 2 is 1.76 bits per heavy atom. The van der Waals surface area contributed by atoms with Gasteiger partial charge in [0.05, 0.1) is 23.3 Å². The number of non-ortho nitro benzene ring substituents is 1. The summed E-state index contributed by atoms with van der Waals surface area (Å²) in [5.41, 5.74) is 5.01. The van der Waals surface area contributed by atoms with Crippen molar-refractivity contribution in [1.29, 1.82) is 0 Å². The number of aromatic nitrogens is 2. The summed E-state index contributed by atoms with van der Waals surface area (Å²) in [6.45, 7) is 1.96. The number of hydrogen-bond acceptors (Lipinski definition) is 7. The standard InChI is InChI=1S/C32H25N3O5S/c1-19-5-3-7-23(13-19)34-29-15-22(20-9-11-25(40-2)12-10-20)16-30(36)26(29)17-27(32(34)37)31-33-28(18-41-31)21-6-4-8-24(14-21)35(38)39/h3-14,17-18,22H,15-16H2,1-2H3/t22-/m1/s1. The molecule has 5 aromatic rings. The highest BCUT2D eigenvalue weighted by molar-refractivity contribution is 7.13. The van der Waals surface area contributed by atoms with Crippen LogP contribution in [0.25, 0.3) is 27.5 Å². The maximum Gasteiger partial charge on any atom is 0.270 e. The summed E-state index contributed by atoms with van der Waals surface area (Å²) in [6.07, 6.45) is 0.843. The second-order valence-corrected chi connectivity index (χ2v) is 10.9. The van der Waals surface area contributed by atoms with Crippen molar-refractivity contribution >= 4 is 22.8 Å². The van der Waals surface area contributed by atoms with Gasteiger partial charge in [0.1, 0.15) is 10.8 Å². The minimum absolute atomic E-state index is 0.0369. The lowest BCUT2D eigenvalue weighted by Crippen LogP contribution is -2.31. The molecule has 0 N–H and O–H groups in total. The number of rotatable bonds is 6. The Kier molecular flexibility index (Phi) is 6.80. The molecule has 0 saturated carbocycles. The van der Waals surface area contributed by atoms with Crippen LogP contribution in [0.5, 0.6) is 5.75 Å². The van der Waals surface area contributed by atoms with Crippen LogP contribution >= 0.6 is 11.3 Å². The molecule has 0 amide bonds. The van der Waals surface area contributed by atoms with Crippen LogP contribution in [-0.2, 0) is 6.42 Å². The first-order valence-corrected chi connectivity index (χ1v) is 13.9. The topological polar surface area (TPSA) is 104 Å². The van der Waals surface area contributed by atoms with E-state index in [1.54, 1.807) is 35.3 Å². The largest absolute Gasteiger partial charge is 0.497 e. The van der Waals surface area contributed by atoms with E-state index in [1.807, 2.05) is 55.5 Å². The molecule has 0 bridgehead atoms. The quantitative estimate of drug-likeness (QED) is 0.167. The van der Waals surface area contributed by atoms with E-state index in [0.717, 1.165) is 16.9 Å². The number of Topliss-reactive ketones (excluding diaryl/α,β-unsaturated/α-hetero) is 1.